The number of carbonyl (C=O) groups excluding carboxylic acids is 1. The smallest absolute Gasteiger partial charge is 0.323 e. The van der Waals surface area contributed by atoms with Crippen LogP contribution in [0, 0.1) is 0 Å². The maximum Gasteiger partial charge on any atom is 0.323 e. The summed E-state index contributed by atoms with van der Waals surface area (Å²) in [6.45, 7) is -0.410. The molecule has 3 rings (SSSR count). The van der Waals surface area contributed by atoms with E-state index >= 15 is 0 Å². The highest BCUT2D eigenvalue weighted by atomic mass is 32.2. The van der Waals surface area contributed by atoms with Gasteiger partial charge < -0.3 is 5.11 Å². The standard InChI is InChI=1S/C20H15NO3S2/c22-18(23)13-21-19(24)17(26-20(21)25)8-4-5-14-9-11-16(12-10-14)15-6-2-1-3-7-15/h1-12H,13H2,(H,22,23)/b5-4+,17-8-. The molecule has 4 nitrogen and oxygen atoms in total. The molecule has 0 aromatic heterocycles. The van der Waals surface area contributed by atoms with Crippen molar-refractivity contribution < 1.29 is 14.7 Å². The minimum absolute atomic E-state index is 0.268. The van der Waals surface area contributed by atoms with Crippen LogP contribution in [0.1, 0.15) is 5.56 Å². The average molecular weight is 381 g/mol. The number of rotatable bonds is 5. The lowest BCUT2D eigenvalue weighted by Gasteiger charge is -2.09. The van der Waals surface area contributed by atoms with Gasteiger partial charge in [-0.2, -0.15) is 0 Å². The van der Waals surface area contributed by atoms with E-state index in [0.717, 1.165) is 33.4 Å². The second kappa shape index (κ2) is 8.12. The molecule has 0 aliphatic carbocycles. The first-order chi connectivity index (χ1) is 12.5. The Bertz CT molecular complexity index is 902. The first-order valence-electron chi connectivity index (χ1n) is 7.84. The van der Waals surface area contributed by atoms with E-state index in [0.29, 0.717) is 4.91 Å². The Morgan fingerprint density at radius 2 is 1.73 bits per heavy atom. The van der Waals surface area contributed by atoms with E-state index < -0.39 is 12.5 Å². The minimum Gasteiger partial charge on any atom is -0.480 e. The largest absolute Gasteiger partial charge is 0.480 e. The number of thiocarbonyl (C=S) groups is 1. The fraction of sp³-hybridized carbons (Fsp3) is 0.0500. The van der Waals surface area contributed by atoms with E-state index in [1.54, 1.807) is 12.2 Å². The Morgan fingerprint density at radius 3 is 2.38 bits per heavy atom. The number of hydrogen-bond donors (Lipinski definition) is 1. The molecule has 1 aliphatic heterocycles. The monoisotopic (exact) mass is 381 g/mol. The summed E-state index contributed by atoms with van der Waals surface area (Å²) < 4.78 is 0.268. The van der Waals surface area contributed by atoms with Gasteiger partial charge in [0.2, 0.25) is 0 Å². The maximum atomic E-state index is 12.1. The van der Waals surface area contributed by atoms with Crippen molar-refractivity contribution in [1.29, 1.82) is 0 Å². The molecule has 26 heavy (non-hydrogen) atoms. The predicted molar refractivity (Wildman–Crippen MR) is 109 cm³/mol. The number of carbonyl (C=O) groups is 2. The van der Waals surface area contributed by atoms with Gasteiger partial charge in [0.25, 0.3) is 5.91 Å². The van der Waals surface area contributed by atoms with Crippen molar-refractivity contribution in [3.63, 3.8) is 0 Å². The molecule has 1 N–H and O–H groups in total. The number of aliphatic carboxylic acids is 1. The highest BCUT2D eigenvalue weighted by Gasteiger charge is 2.32. The van der Waals surface area contributed by atoms with Crippen LogP contribution in [0.15, 0.2) is 71.7 Å². The molecule has 0 spiro atoms. The summed E-state index contributed by atoms with van der Waals surface area (Å²) in [5, 5.41) is 8.83. The molecule has 0 bridgehead atoms. The second-order valence-electron chi connectivity index (χ2n) is 5.53. The predicted octanol–water partition coefficient (Wildman–Crippen LogP) is 4.20. The molecule has 0 saturated carbocycles. The zero-order valence-electron chi connectivity index (χ0n) is 13.7. The van der Waals surface area contributed by atoms with Crippen LogP contribution in [-0.4, -0.2) is 32.7 Å². The van der Waals surface area contributed by atoms with Crippen LogP contribution in [0.4, 0.5) is 0 Å². The fourth-order valence-electron chi connectivity index (χ4n) is 2.45. The summed E-state index contributed by atoms with van der Waals surface area (Å²) >= 11 is 6.17. The SMILES string of the molecule is O=C(O)CN1C(=O)/C(=C/C=C/c2ccc(-c3ccccc3)cc2)SC1=S. The van der Waals surface area contributed by atoms with Crippen molar-refractivity contribution in [3.8, 4) is 11.1 Å². The van der Waals surface area contributed by atoms with Crippen molar-refractivity contribution in [2.24, 2.45) is 0 Å². The van der Waals surface area contributed by atoms with Gasteiger partial charge in [-0.15, -0.1) is 0 Å². The molecule has 1 saturated heterocycles. The molecule has 0 radical (unpaired) electrons. The summed E-state index contributed by atoms with van der Waals surface area (Å²) in [6, 6.07) is 18.2. The van der Waals surface area contributed by atoms with Crippen LogP contribution in [0.2, 0.25) is 0 Å². The van der Waals surface area contributed by atoms with Crippen molar-refractivity contribution in [1.82, 2.24) is 4.90 Å². The van der Waals surface area contributed by atoms with Gasteiger partial charge in [-0.25, -0.2) is 0 Å². The molecule has 2 aromatic rings. The van der Waals surface area contributed by atoms with Crippen LogP contribution in [0.3, 0.4) is 0 Å². The molecule has 0 unspecified atom stereocenters. The zero-order valence-corrected chi connectivity index (χ0v) is 15.3. The minimum atomic E-state index is -1.09. The van der Waals surface area contributed by atoms with E-state index in [4.69, 9.17) is 17.3 Å². The second-order valence-corrected chi connectivity index (χ2v) is 7.21. The Kier molecular flexibility index (Phi) is 5.65. The Balaban J connectivity index is 1.69. The first kappa shape index (κ1) is 18.1. The molecule has 1 fully saturated rings. The lowest BCUT2D eigenvalue weighted by Crippen LogP contribution is -2.33. The van der Waals surface area contributed by atoms with Gasteiger partial charge in [0.05, 0.1) is 4.91 Å². The average Bonchev–Trinajstić information content (AvgIpc) is 2.90. The van der Waals surface area contributed by atoms with Crippen molar-refractivity contribution >= 4 is 46.3 Å². The number of hydrogen-bond acceptors (Lipinski definition) is 4. The van der Waals surface area contributed by atoms with Gasteiger partial charge in [0, 0.05) is 0 Å². The number of benzene rings is 2. The number of carboxylic acids is 1. The quantitative estimate of drug-likeness (QED) is 0.621. The molecule has 130 valence electrons. The molecule has 1 heterocycles. The van der Waals surface area contributed by atoms with Crippen LogP contribution in [0.5, 0.6) is 0 Å². The lowest BCUT2D eigenvalue weighted by molar-refractivity contribution is -0.140. The summed E-state index contributed by atoms with van der Waals surface area (Å²) in [7, 11) is 0. The van der Waals surface area contributed by atoms with Gasteiger partial charge in [-0.3, -0.25) is 14.5 Å². The van der Waals surface area contributed by atoms with Gasteiger partial charge in [-0.05, 0) is 22.8 Å². The normalized spacial score (nSPS) is 16.0. The molecule has 2 aromatic carbocycles. The van der Waals surface area contributed by atoms with E-state index in [1.165, 1.54) is 0 Å². The van der Waals surface area contributed by atoms with Crippen LogP contribution in [0.25, 0.3) is 17.2 Å². The third kappa shape index (κ3) is 4.28. The van der Waals surface area contributed by atoms with E-state index in [1.807, 2.05) is 48.5 Å². The number of thioether (sulfide) groups is 1. The van der Waals surface area contributed by atoms with Crippen LogP contribution >= 0.6 is 24.0 Å². The maximum absolute atomic E-state index is 12.1. The Labute approximate surface area is 160 Å². The number of nitrogens with zero attached hydrogens (tertiary/aromatic N) is 1. The lowest BCUT2D eigenvalue weighted by atomic mass is 10.0. The van der Waals surface area contributed by atoms with Crippen LogP contribution in [-0.2, 0) is 9.59 Å². The third-order valence-electron chi connectivity index (χ3n) is 3.72. The topological polar surface area (TPSA) is 57.6 Å². The van der Waals surface area contributed by atoms with Gasteiger partial charge in [0.15, 0.2) is 0 Å². The molecule has 1 amide bonds. The highest BCUT2D eigenvalue weighted by molar-refractivity contribution is 8.26. The highest BCUT2D eigenvalue weighted by Crippen LogP contribution is 2.30. The van der Waals surface area contributed by atoms with Gasteiger partial charge in [0.1, 0.15) is 10.9 Å². The summed E-state index contributed by atoms with van der Waals surface area (Å²) in [5.41, 5.74) is 3.30. The van der Waals surface area contributed by atoms with Crippen molar-refractivity contribution in [2.75, 3.05) is 6.54 Å². The van der Waals surface area contributed by atoms with E-state index in [-0.39, 0.29) is 10.2 Å². The Morgan fingerprint density at radius 1 is 1.08 bits per heavy atom. The summed E-state index contributed by atoms with van der Waals surface area (Å²) in [6.07, 6.45) is 5.31. The molecular formula is C20H15NO3S2. The summed E-state index contributed by atoms with van der Waals surface area (Å²) in [4.78, 5) is 24.5. The first-order valence-corrected chi connectivity index (χ1v) is 9.06. The van der Waals surface area contributed by atoms with Gasteiger partial charge >= 0.3 is 5.97 Å². The molecular weight excluding hydrogens is 366 g/mol. The molecule has 0 atom stereocenters. The fourth-order valence-corrected chi connectivity index (χ4v) is 3.66. The number of carboxylic acid groups (broad SMARTS) is 1. The Hall–Kier alpha value is -2.70. The van der Waals surface area contributed by atoms with E-state index in [2.05, 4.69) is 12.1 Å². The number of amides is 1. The van der Waals surface area contributed by atoms with E-state index in [9.17, 15) is 9.59 Å². The number of allylic oxidation sites excluding steroid dienone is 2. The third-order valence-corrected chi connectivity index (χ3v) is 5.12. The van der Waals surface area contributed by atoms with Gasteiger partial charge in [-0.1, -0.05) is 90.7 Å². The molecule has 6 heteroatoms. The summed E-state index contributed by atoms with van der Waals surface area (Å²) in [5.74, 6) is -1.46. The van der Waals surface area contributed by atoms with Crippen molar-refractivity contribution in [3.05, 3.63) is 77.2 Å². The zero-order chi connectivity index (χ0) is 18.5. The van der Waals surface area contributed by atoms with Crippen LogP contribution < -0.4 is 0 Å². The van der Waals surface area contributed by atoms with Crippen molar-refractivity contribution in [2.45, 2.75) is 0 Å². The molecule has 1 aliphatic rings.